The fraction of sp³-hybridized carbons (Fsp3) is 0.188. The predicted octanol–water partition coefficient (Wildman–Crippen LogP) is 4.40. The molecular formula is C16H12IrNS-. The smallest absolute Gasteiger partial charge is 0.0167 e. The molecule has 0 aliphatic heterocycles. The van der Waals surface area contributed by atoms with Crippen molar-refractivity contribution in [3.63, 3.8) is 0 Å². The van der Waals surface area contributed by atoms with Gasteiger partial charge in [-0.1, -0.05) is 37.4 Å². The number of rotatable bonds is 0. The molecule has 1 aromatic carbocycles. The van der Waals surface area contributed by atoms with Crippen molar-refractivity contribution in [2.45, 2.75) is 19.3 Å². The third-order valence-corrected chi connectivity index (χ3v) is 4.66. The van der Waals surface area contributed by atoms with Crippen LogP contribution in [0.4, 0.5) is 0 Å². The van der Waals surface area contributed by atoms with E-state index in [1.807, 2.05) is 6.20 Å². The van der Waals surface area contributed by atoms with Crippen LogP contribution in [-0.2, 0) is 25.5 Å². The minimum absolute atomic E-state index is 0. The zero-order valence-electron chi connectivity index (χ0n) is 10.7. The van der Waals surface area contributed by atoms with Crippen molar-refractivity contribution in [1.82, 2.24) is 4.98 Å². The number of thiophene rings is 1. The van der Waals surface area contributed by atoms with E-state index in [1.165, 1.54) is 27.5 Å². The fourth-order valence-corrected chi connectivity index (χ4v) is 3.90. The summed E-state index contributed by atoms with van der Waals surface area (Å²) in [6.07, 6.45) is 1.90. The summed E-state index contributed by atoms with van der Waals surface area (Å²) in [5.74, 6) is 0. The van der Waals surface area contributed by atoms with Gasteiger partial charge in [0.1, 0.15) is 0 Å². The van der Waals surface area contributed by atoms with Gasteiger partial charge in [-0.3, -0.25) is 11.3 Å². The molecule has 0 fully saturated rings. The largest absolute Gasteiger partial charge is 0.304 e. The maximum atomic E-state index is 4.59. The molecule has 4 rings (SSSR count). The van der Waals surface area contributed by atoms with Gasteiger partial charge in [-0.05, 0) is 33.5 Å². The van der Waals surface area contributed by atoms with Crippen molar-refractivity contribution >= 4 is 22.1 Å². The Hall–Kier alpha value is -1.02. The zero-order valence-corrected chi connectivity index (χ0v) is 13.9. The molecule has 0 atom stereocenters. The molecule has 1 radical (unpaired) electrons. The normalized spacial score (nSPS) is 14.8. The molecular weight excluding hydrogens is 430 g/mol. The van der Waals surface area contributed by atoms with Crippen molar-refractivity contribution in [2.75, 3.05) is 0 Å². The van der Waals surface area contributed by atoms with Gasteiger partial charge in [-0.25, -0.2) is 0 Å². The molecule has 19 heavy (non-hydrogen) atoms. The third-order valence-electron chi connectivity index (χ3n) is 3.98. The van der Waals surface area contributed by atoms with Crippen LogP contribution < -0.4 is 0 Å². The van der Waals surface area contributed by atoms with Gasteiger partial charge in [0, 0.05) is 26.3 Å². The van der Waals surface area contributed by atoms with E-state index < -0.39 is 0 Å². The van der Waals surface area contributed by atoms with Gasteiger partial charge in [0.2, 0.25) is 0 Å². The first-order valence-corrected chi connectivity index (χ1v) is 6.96. The van der Waals surface area contributed by atoms with Gasteiger partial charge in [0.05, 0.1) is 0 Å². The van der Waals surface area contributed by atoms with E-state index in [-0.39, 0.29) is 25.5 Å². The molecule has 0 spiro atoms. The summed E-state index contributed by atoms with van der Waals surface area (Å²) in [4.78, 5) is 4.59. The van der Waals surface area contributed by atoms with E-state index in [0.717, 1.165) is 5.69 Å². The minimum Gasteiger partial charge on any atom is -0.304 e. The number of benzene rings is 1. The summed E-state index contributed by atoms with van der Waals surface area (Å²) in [6, 6.07) is 8.63. The van der Waals surface area contributed by atoms with E-state index in [2.05, 4.69) is 53.9 Å². The Morgan fingerprint density at radius 1 is 1.16 bits per heavy atom. The Labute approximate surface area is 130 Å². The van der Waals surface area contributed by atoms with Gasteiger partial charge in [-0.2, -0.15) is 0 Å². The van der Waals surface area contributed by atoms with Crippen LogP contribution in [0.5, 0.6) is 0 Å². The third kappa shape index (κ3) is 1.59. The first kappa shape index (κ1) is 13.0. The Morgan fingerprint density at radius 2 is 2.00 bits per heavy atom. The molecule has 1 nitrogen and oxygen atoms in total. The molecule has 97 valence electrons. The monoisotopic (exact) mass is 443 g/mol. The predicted molar refractivity (Wildman–Crippen MR) is 76.0 cm³/mol. The average molecular weight is 443 g/mol. The molecule has 3 heteroatoms. The Kier molecular flexibility index (Phi) is 2.90. The van der Waals surface area contributed by atoms with Crippen LogP contribution >= 0.6 is 11.3 Å². The van der Waals surface area contributed by atoms with Crippen LogP contribution in [-0.4, -0.2) is 4.98 Å². The average Bonchev–Trinajstić information content (AvgIpc) is 2.86. The molecule has 1 aliphatic rings. The van der Waals surface area contributed by atoms with E-state index in [1.54, 1.807) is 11.3 Å². The van der Waals surface area contributed by atoms with Gasteiger partial charge in [0.15, 0.2) is 0 Å². The second-order valence-corrected chi connectivity index (χ2v) is 5.99. The molecule has 0 amide bonds. The SMILES string of the molecule is CC1(C)c2cs[c-]c2-c2nccc3cccc1c23.[Ir]. The molecule has 3 aromatic rings. The van der Waals surface area contributed by atoms with Crippen LogP contribution in [0, 0.1) is 5.38 Å². The standard InChI is InChI=1S/C16H12NS.Ir/c1-16(2)12-5-3-4-10-6-7-17-15(14(10)12)11-8-18-9-13(11)16;/h3-7,9H,1-2H3;/q-1;. The number of fused-ring (bicyclic) bond motifs is 2. The molecule has 0 N–H and O–H groups in total. The van der Waals surface area contributed by atoms with E-state index in [0.29, 0.717) is 0 Å². The molecule has 2 aromatic heterocycles. The number of nitrogens with zero attached hydrogens (tertiary/aromatic N) is 1. The van der Waals surface area contributed by atoms with Crippen LogP contribution in [0.2, 0.25) is 0 Å². The number of hydrogen-bond acceptors (Lipinski definition) is 2. The van der Waals surface area contributed by atoms with Gasteiger partial charge < -0.3 is 4.98 Å². The Balaban J connectivity index is 0.00000110. The Morgan fingerprint density at radius 3 is 2.84 bits per heavy atom. The van der Waals surface area contributed by atoms with E-state index >= 15 is 0 Å². The first-order valence-electron chi connectivity index (χ1n) is 6.08. The van der Waals surface area contributed by atoms with Crippen LogP contribution in [0.25, 0.3) is 22.0 Å². The van der Waals surface area contributed by atoms with Gasteiger partial charge in [0.25, 0.3) is 0 Å². The maximum Gasteiger partial charge on any atom is 0.0167 e. The molecule has 2 heterocycles. The van der Waals surface area contributed by atoms with Crippen molar-refractivity contribution in [2.24, 2.45) is 0 Å². The first-order chi connectivity index (χ1) is 8.69. The summed E-state index contributed by atoms with van der Waals surface area (Å²) in [5, 5.41) is 8.18. The van der Waals surface area contributed by atoms with Crippen LogP contribution in [0.15, 0.2) is 35.8 Å². The molecule has 0 saturated carbocycles. The minimum atomic E-state index is 0. The quantitative estimate of drug-likeness (QED) is 0.471. The van der Waals surface area contributed by atoms with Crippen LogP contribution in [0.3, 0.4) is 0 Å². The fourth-order valence-electron chi connectivity index (χ4n) is 2.98. The zero-order chi connectivity index (χ0) is 12.3. The molecule has 0 unspecified atom stereocenters. The van der Waals surface area contributed by atoms with Gasteiger partial charge >= 0.3 is 0 Å². The summed E-state index contributed by atoms with van der Waals surface area (Å²) >= 11 is 1.65. The van der Waals surface area contributed by atoms with Crippen molar-refractivity contribution in [1.29, 1.82) is 0 Å². The summed E-state index contributed by atoms with van der Waals surface area (Å²) in [7, 11) is 0. The second kappa shape index (κ2) is 4.24. The number of aromatic nitrogens is 1. The molecule has 1 aliphatic carbocycles. The number of hydrogen-bond donors (Lipinski definition) is 0. The summed E-state index contributed by atoms with van der Waals surface area (Å²) < 4.78 is 0. The topological polar surface area (TPSA) is 12.9 Å². The molecule has 0 bridgehead atoms. The van der Waals surface area contributed by atoms with E-state index in [9.17, 15) is 0 Å². The second-order valence-electron chi connectivity index (χ2n) is 5.31. The molecule has 0 saturated heterocycles. The van der Waals surface area contributed by atoms with Crippen molar-refractivity contribution < 1.29 is 20.1 Å². The number of pyridine rings is 1. The Bertz CT molecular complexity index is 768. The van der Waals surface area contributed by atoms with Crippen molar-refractivity contribution in [3.8, 4) is 11.3 Å². The summed E-state index contributed by atoms with van der Waals surface area (Å²) in [6.45, 7) is 4.58. The van der Waals surface area contributed by atoms with E-state index in [4.69, 9.17) is 0 Å². The maximum absolute atomic E-state index is 4.59. The van der Waals surface area contributed by atoms with Crippen LogP contribution in [0.1, 0.15) is 25.0 Å². The van der Waals surface area contributed by atoms with Crippen molar-refractivity contribution in [3.05, 3.63) is 52.3 Å². The summed E-state index contributed by atoms with van der Waals surface area (Å²) in [5.41, 5.74) is 5.06. The van der Waals surface area contributed by atoms with Gasteiger partial charge in [-0.15, -0.1) is 16.5 Å².